The Balaban J connectivity index is 1.71. The van der Waals surface area contributed by atoms with Crippen LogP contribution in [0.4, 0.5) is 0 Å². The lowest BCUT2D eigenvalue weighted by Crippen LogP contribution is -2.58. The fourth-order valence-corrected chi connectivity index (χ4v) is 6.21. The van der Waals surface area contributed by atoms with Gasteiger partial charge in [0.2, 0.25) is 15.9 Å². The topological polar surface area (TPSA) is 143 Å². The van der Waals surface area contributed by atoms with E-state index >= 15 is 0 Å². The second kappa shape index (κ2) is 11.3. The van der Waals surface area contributed by atoms with Crippen molar-refractivity contribution < 1.29 is 22.7 Å². The Morgan fingerprint density at radius 3 is 2.55 bits per heavy atom. The first-order chi connectivity index (χ1) is 18.1. The molecule has 38 heavy (non-hydrogen) atoms. The fraction of sp³-hybridized carbons (Fsp3) is 0.321. The Morgan fingerprint density at radius 2 is 1.84 bits per heavy atom. The average molecular weight is 537 g/mol. The van der Waals surface area contributed by atoms with Crippen LogP contribution in [0.15, 0.2) is 71.6 Å². The van der Waals surface area contributed by atoms with Crippen LogP contribution in [0.1, 0.15) is 30.9 Å². The summed E-state index contributed by atoms with van der Waals surface area (Å²) < 4.78 is 34.7. The zero-order chi connectivity index (χ0) is 27.4. The van der Waals surface area contributed by atoms with Gasteiger partial charge in [-0.3, -0.25) is 10.2 Å². The van der Waals surface area contributed by atoms with Crippen LogP contribution >= 0.6 is 0 Å². The molecule has 1 aliphatic rings. The maximum atomic E-state index is 13.9. The molecular formula is C28H32N4O5S. The zero-order valence-corrected chi connectivity index (χ0v) is 22.2. The standard InChI is InChI=1S/C28H32N4O5S/c1-18-7-6-14-32(25(18)28(34)37-2)27(33)24(16-19-8-5-11-22(15-19)26(29)30)31-38(35,36)23-13-12-20-9-3-4-10-21(20)17-23/h3-5,8-13,15,17-18,24-25,31H,6-7,14,16H2,1-2H3,(H3,29,30). The highest BCUT2D eigenvalue weighted by molar-refractivity contribution is 7.89. The quantitative estimate of drug-likeness (QED) is 0.230. The van der Waals surface area contributed by atoms with E-state index in [-0.39, 0.29) is 23.1 Å². The lowest BCUT2D eigenvalue weighted by molar-refractivity contribution is -0.157. The van der Waals surface area contributed by atoms with E-state index in [1.54, 1.807) is 36.4 Å². The monoisotopic (exact) mass is 536 g/mol. The van der Waals surface area contributed by atoms with Gasteiger partial charge in [0.05, 0.1) is 12.0 Å². The molecular weight excluding hydrogens is 504 g/mol. The first-order valence-electron chi connectivity index (χ1n) is 12.4. The first-order valence-corrected chi connectivity index (χ1v) is 13.9. The number of piperidine rings is 1. The number of nitrogens with one attached hydrogen (secondary N) is 2. The van der Waals surface area contributed by atoms with Gasteiger partial charge in [0, 0.05) is 12.1 Å². The minimum absolute atomic E-state index is 0.00549. The number of carbonyl (C=O) groups is 2. The second-order valence-electron chi connectivity index (χ2n) is 9.62. The summed E-state index contributed by atoms with van der Waals surface area (Å²) in [7, 11) is -2.84. The smallest absolute Gasteiger partial charge is 0.328 e. The van der Waals surface area contributed by atoms with E-state index in [2.05, 4.69) is 4.72 Å². The third kappa shape index (κ3) is 5.87. The van der Waals surface area contributed by atoms with E-state index in [4.69, 9.17) is 15.9 Å². The molecule has 1 amide bonds. The Morgan fingerprint density at radius 1 is 1.11 bits per heavy atom. The maximum absolute atomic E-state index is 13.9. The van der Waals surface area contributed by atoms with Crippen LogP contribution in [0, 0.1) is 11.3 Å². The van der Waals surface area contributed by atoms with Crippen LogP contribution in [-0.2, 0) is 30.8 Å². The molecule has 1 aliphatic heterocycles. The van der Waals surface area contributed by atoms with Crippen molar-refractivity contribution in [2.24, 2.45) is 11.7 Å². The van der Waals surface area contributed by atoms with Gasteiger partial charge in [-0.15, -0.1) is 0 Å². The van der Waals surface area contributed by atoms with Crippen molar-refractivity contribution in [1.29, 1.82) is 5.41 Å². The largest absolute Gasteiger partial charge is 0.467 e. The Bertz CT molecular complexity index is 1470. The molecule has 0 saturated carbocycles. The van der Waals surface area contributed by atoms with E-state index in [1.165, 1.54) is 18.1 Å². The maximum Gasteiger partial charge on any atom is 0.328 e. The van der Waals surface area contributed by atoms with Crippen molar-refractivity contribution in [3.05, 3.63) is 77.9 Å². The number of hydrogen-bond acceptors (Lipinski definition) is 6. The summed E-state index contributed by atoms with van der Waals surface area (Å²) in [4.78, 5) is 28.0. The summed E-state index contributed by atoms with van der Waals surface area (Å²) in [5, 5.41) is 9.38. The highest BCUT2D eigenvalue weighted by atomic mass is 32.2. The third-order valence-electron chi connectivity index (χ3n) is 6.96. The normalized spacial score (nSPS) is 18.6. The van der Waals surface area contributed by atoms with E-state index in [0.717, 1.165) is 17.2 Å². The van der Waals surface area contributed by atoms with Crippen LogP contribution in [-0.4, -0.2) is 56.8 Å². The molecule has 1 heterocycles. The number of sulfonamides is 1. The number of rotatable bonds is 8. The van der Waals surface area contributed by atoms with Crippen LogP contribution in [0.5, 0.6) is 0 Å². The third-order valence-corrected chi connectivity index (χ3v) is 8.43. The summed E-state index contributed by atoms with van der Waals surface area (Å²) in [5.41, 5.74) is 6.73. The van der Waals surface area contributed by atoms with Gasteiger partial charge in [-0.05, 0) is 59.7 Å². The molecule has 1 fully saturated rings. The minimum Gasteiger partial charge on any atom is -0.467 e. The Kier molecular flexibility index (Phi) is 8.13. The van der Waals surface area contributed by atoms with Crippen LogP contribution in [0.25, 0.3) is 10.8 Å². The predicted molar refractivity (Wildman–Crippen MR) is 145 cm³/mol. The summed E-state index contributed by atoms with van der Waals surface area (Å²) >= 11 is 0. The molecule has 4 N–H and O–H groups in total. The highest BCUT2D eigenvalue weighted by Crippen LogP contribution is 2.26. The molecule has 3 atom stereocenters. The lowest BCUT2D eigenvalue weighted by atomic mass is 9.89. The van der Waals surface area contributed by atoms with Gasteiger partial charge < -0.3 is 15.4 Å². The van der Waals surface area contributed by atoms with Crippen molar-refractivity contribution in [1.82, 2.24) is 9.62 Å². The van der Waals surface area contributed by atoms with E-state index in [1.807, 2.05) is 31.2 Å². The van der Waals surface area contributed by atoms with E-state index < -0.39 is 34.0 Å². The van der Waals surface area contributed by atoms with Crippen molar-refractivity contribution in [3.8, 4) is 0 Å². The average Bonchev–Trinajstić information content (AvgIpc) is 2.91. The van der Waals surface area contributed by atoms with E-state index in [9.17, 15) is 18.0 Å². The molecule has 3 aromatic carbocycles. The zero-order valence-electron chi connectivity index (χ0n) is 21.4. The summed E-state index contributed by atoms with van der Waals surface area (Å²) in [6.45, 7) is 2.19. The van der Waals surface area contributed by atoms with Gasteiger partial charge in [0.15, 0.2) is 0 Å². The number of nitrogens with zero attached hydrogens (tertiary/aromatic N) is 1. The number of methoxy groups -OCH3 is 1. The van der Waals surface area contributed by atoms with Crippen molar-refractivity contribution in [3.63, 3.8) is 0 Å². The highest BCUT2D eigenvalue weighted by Gasteiger charge is 2.41. The molecule has 4 rings (SSSR count). The summed E-state index contributed by atoms with van der Waals surface area (Å²) in [5.74, 6) is -1.31. The van der Waals surface area contributed by atoms with Crippen molar-refractivity contribution in [2.75, 3.05) is 13.7 Å². The molecule has 0 spiro atoms. The van der Waals surface area contributed by atoms with E-state index in [0.29, 0.717) is 24.1 Å². The number of hydrogen-bond donors (Lipinski definition) is 3. The molecule has 0 bridgehead atoms. The molecule has 3 aromatic rings. The summed E-state index contributed by atoms with van der Waals surface area (Å²) in [6, 6.07) is 16.9. The predicted octanol–water partition coefficient (Wildman–Crippen LogP) is 2.81. The number of nitrogen functional groups attached to an aromatic ring is 1. The molecule has 200 valence electrons. The number of benzene rings is 3. The molecule has 0 aromatic heterocycles. The fourth-order valence-electron chi connectivity index (χ4n) is 4.99. The molecule has 9 nitrogen and oxygen atoms in total. The van der Waals surface area contributed by atoms with Gasteiger partial charge >= 0.3 is 5.97 Å². The van der Waals surface area contributed by atoms with Crippen LogP contribution in [0.2, 0.25) is 0 Å². The number of nitrogens with two attached hydrogens (primary N) is 1. The molecule has 10 heteroatoms. The van der Waals surface area contributed by atoms with Crippen LogP contribution < -0.4 is 10.5 Å². The SMILES string of the molecule is COC(=O)C1C(C)CCCN1C(=O)C(Cc1cccc(C(=N)N)c1)NS(=O)(=O)c1ccc2ccccc2c1. The number of likely N-dealkylation sites (tertiary alicyclic amines) is 1. The molecule has 0 radical (unpaired) electrons. The number of esters is 1. The Labute approximate surface area is 222 Å². The van der Waals surface area contributed by atoms with Crippen molar-refractivity contribution in [2.45, 2.75) is 43.2 Å². The number of fused-ring (bicyclic) bond motifs is 1. The number of amidine groups is 1. The Hall–Kier alpha value is -3.76. The van der Waals surface area contributed by atoms with Gasteiger partial charge in [0.25, 0.3) is 0 Å². The van der Waals surface area contributed by atoms with Gasteiger partial charge in [0.1, 0.15) is 17.9 Å². The molecule has 3 unspecified atom stereocenters. The number of carbonyl (C=O) groups excluding carboxylic acids is 2. The minimum atomic E-state index is -4.12. The van der Waals surface area contributed by atoms with Crippen molar-refractivity contribution >= 4 is 38.5 Å². The van der Waals surface area contributed by atoms with Gasteiger partial charge in [-0.2, -0.15) is 4.72 Å². The van der Waals surface area contributed by atoms with Crippen LogP contribution in [0.3, 0.4) is 0 Å². The molecule has 1 saturated heterocycles. The first kappa shape index (κ1) is 27.3. The lowest BCUT2D eigenvalue weighted by Gasteiger charge is -2.39. The van der Waals surface area contributed by atoms with Gasteiger partial charge in [-0.1, -0.05) is 55.5 Å². The van der Waals surface area contributed by atoms with Gasteiger partial charge in [-0.25, -0.2) is 13.2 Å². The molecule has 0 aliphatic carbocycles. The second-order valence-corrected chi connectivity index (χ2v) is 11.3. The number of ether oxygens (including phenoxy) is 1. The summed E-state index contributed by atoms with van der Waals surface area (Å²) in [6.07, 6.45) is 1.44. The number of amides is 1.